The molecule has 3 nitrogen and oxygen atoms in total. The summed E-state index contributed by atoms with van der Waals surface area (Å²) in [6.07, 6.45) is 0.325. The number of para-hydroxylation sites is 1. The highest BCUT2D eigenvalue weighted by atomic mass is 16.5. The molecule has 0 fully saturated rings. The molecule has 0 radical (unpaired) electrons. The number of rotatable bonds is 0. The highest BCUT2D eigenvalue weighted by Gasteiger charge is 2.15. The molecular formula is C9H9NO2. The lowest BCUT2D eigenvalue weighted by atomic mass is 10.0. The van der Waals surface area contributed by atoms with E-state index in [4.69, 9.17) is 15.4 Å². The van der Waals surface area contributed by atoms with Crippen LogP contribution in [0.5, 0.6) is 5.75 Å². The molecule has 0 saturated heterocycles. The van der Waals surface area contributed by atoms with Crippen LogP contribution in [-0.4, -0.2) is 17.5 Å². The number of hydrogen-bond acceptors (Lipinski definition) is 3. The highest BCUT2D eigenvalue weighted by Crippen LogP contribution is 2.23. The maximum Gasteiger partial charge on any atom is 0.128 e. The standard InChI is InChI=1S/C9H9NO2/c11-10-8-5-6-12-9-4-2-1-3-7(8)9/h1-4,11H,5-6H2/b10-8+/i1D,2D,3D,4D. The highest BCUT2D eigenvalue weighted by molar-refractivity contribution is 6.03. The Morgan fingerprint density at radius 1 is 1.50 bits per heavy atom. The van der Waals surface area contributed by atoms with E-state index in [0.29, 0.717) is 6.42 Å². The molecule has 1 aliphatic heterocycles. The fourth-order valence-corrected chi connectivity index (χ4v) is 1.09. The maximum atomic E-state index is 8.79. The van der Waals surface area contributed by atoms with Gasteiger partial charge in [0.25, 0.3) is 0 Å². The van der Waals surface area contributed by atoms with Crippen LogP contribution >= 0.6 is 0 Å². The van der Waals surface area contributed by atoms with Crippen LogP contribution in [-0.2, 0) is 0 Å². The van der Waals surface area contributed by atoms with Crippen molar-refractivity contribution < 1.29 is 15.4 Å². The lowest BCUT2D eigenvalue weighted by molar-refractivity contribution is 0.298. The van der Waals surface area contributed by atoms with Crippen molar-refractivity contribution in [3.05, 3.63) is 29.7 Å². The molecule has 0 amide bonds. The Morgan fingerprint density at radius 2 is 2.33 bits per heavy atom. The van der Waals surface area contributed by atoms with Gasteiger partial charge in [-0.05, 0) is 12.1 Å². The van der Waals surface area contributed by atoms with Crippen molar-refractivity contribution >= 4 is 5.71 Å². The van der Waals surface area contributed by atoms with E-state index < -0.39 is 0 Å². The Hall–Kier alpha value is -1.51. The summed E-state index contributed by atoms with van der Waals surface area (Å²) in [7, 11) is 0. The van der Waals surface area contributed by atoms with Crippen LogP contribution in [0.4, 0.5) is 0 Å². The van der Waals surface area contributed by atoms with Gasteiger partial charge in [-0.25, -0.2) is 0 Å². The topological polar surface area (TPSA) is 41.8 Å². The SMILES string of the molecule is [2H]c1c([2H])c([2H])c2c(c1[2H])OCC/C2=N\O. The van der Waals surface area contributed by atoms with Crippen LogP contribution < -0.4 is 4.74 Å². The van der Waals surface area contributed by atoms with E-state index in [1.165, 1.54) is 0 Å². The van der Waals surface area contributed by atoms with Gasteiger partial charge in [-0.1, -0.05) is 17.2 Å². The molecule has 0 unspecified atom stereocenters. The first-order chi connectivity index (χ1) is 7.57. The zero-order valence-corrected chi connectivity index (χ0v) is 6.22. The third-order valence-corrected chi connectivity index (χ3v) is 1.65. The minimum atomic E-state index is -0.351. The molecule has 1 aromatic carbocycles. The summed E-state index contributed by atoms with van der Waals surface area (Å²) < 4.78 is 35.5. The first-order valence-corrected chi connectivity index (χ1v) is 3.52. The van der Waals surface area contributed by atoms with Gasteiger partial charge in [0.1, 0.15) is 5.75 Å². The van der Waals surface area contributed by atoms with Crippen molar-refractivity contribution in [2.24, 2.45) is 5.16 Å². The van der Waals surface area contributed by atoms with Crippen molar-refractivity contribution in [1.82, 2.24) is 0 Å². The molecule has 1 aliphatic rings. The number of nitrogens with zero attached hydrogens (tertiary/aromatic N) is 1. The van der Waals surface area contributed by atoms with Crippen LogP contribution in [0.25, 0.3) is 0 Å². The van der Waals surface area contributed by atoms with Gasteiger partial charge in [-0.15, -0.1) is 0 Å². The third kappa shape index (κ3) is 1.03. The Bertz CT molecular complexity index is 487. The van der Waals surface area contributed by atoms with E-state index >= 15 is 0 Å². The normalized spacial score (nSPS) is 23.2. The number of benzene rings is 1. The van der Waals surface area contributed by atoms with Gasteiger partial charge >= 0.3 is 0 Å². The molecular weight excluding hydrogens is 154 g/mol. The van der Waals surface area contributed by atoms with Gasteiger partial charge in [0.15, 0.2) is 0 Å². The number of oxime groups is 1. The van der Waals surface area contributed by atoms with Crippen LogP contribution in [0.15, 0.2) is 29.3 Å². The van der Waals surface area contributed by atoms with Crippen molar-refractivity contribution in [1.29, 1.82) is 0 Å². The maximum absolute atomic E-state index is 8.79. The Balaban J connectivity index is 2.80. The number of ether oxygens (including phenoxy) is 1. The van der Waals surface area contributed by atoms with E-state index in [9.17, 15) is 0 Å². The molecule has 0 aliphatic carbocycles. The minimum absolute atomic E-state index is 0.0602. The molecule has 62 valence electrons. The summed E-state index contributed by atoms with van der Waals surface area (Å²) in [4.78, 5) is 0. The summed E-state index contributed by atoms with van der Waals surface area (Å²) in [6.45, 7) is 0.245. The molecule has 0 aromatic heterocycles. The quantitative estimate of drug-likeness (QED) is 0.471. The Kier molecular flexibility index (Phi) is 0.935. The predicted molar refractivity (Wildman–Crippen MR) is 44.9 cm³/mol. The summed E-state index contributed by atoms with van der Waals surface area (Å²) >= 11 is 0. The van der Waals surface area contributed by atoms with Crippen molar-refractivity contribution in [2.75, 3.05) is 6.61 Å². The van der Waals surface area contributed by atoms with Gasteiger partial charge in [-0.2, -0.15) is 0 Å². The average Bonchev–Trinajstić information content (AvgIpc) is 2.32. The molecule has 2 rings (SSSR count). The van der Waals surface area contributed by atoms with Crippen LogP contribution in [0.3, 0.4) is 0 Å². The zero-order chi connectivity index (χ0) is 11.9. The molecule has 0 bridgehead atoms. The van der Waals surface area contributed by atoms with Gasteiger partial charge in [0, 0.05) is 12.0 Å². The lowest BCUT2D eigenvalue weighted by Gasteiger charge is -2.17. The average molecular weight is 167 g/mol. The number of fused-ring (bicyclic) bond motifs is 1. The molecule has 0 atom stereocenters. The first-order valence-electron chi connectivity index (χ1n) is 5.52. The summed E-state index contributed by atoms with van der Waals surface area (Å²) in [5.74, 6) is 0.0602. The van der Waals surface area contributed by atoms with Gasteiger partial charge in [-0.3, -0.25) is 0 Å². The Morgan fingerprint density at radius 3 is 3.17 bits per heavy atom. The van der Waals surface area contributed by atoms with Gasteiger partial charge in [0.05, 0.1) is 17.8 Å². The zero-order valence-electron chi connectivity index (χ0n) is 10.2. The fourth-order valence-electron chi connectivity index (χ4n) is 1.09. The van der Waals surface area contributed by atoms with E-state index in [2.05, 4.69) is 5.16 Å². The van der Waals surface area contributed by atoms with Crippen molar-refractivity contribution in [3.8, 4) is 5.75 Å². The van der Waals surface area contributed by atoms with Gasteiger partial charge < -0.3 is 9.94 Å². The van der Waals surface area contributed by atoms with Crippen molar-refractivity contribution in [3.63, 3.8) is 0 Å². The van der Waals surface area contributed by atoms with Crippen LogP contribution in [0.1, 0.15) is 17.5 Å². The largest absolute Gasteiger partial charge is 0.492 e. The minimum Gasteiger partial charge on any atom is -0.492 e. The monoisotopic (exact) mass is 167 g/mol. The summed E-state index contributed by atoms with van der Waals surface area (Å²) in [6, 6.07) is -1.17. The van der Waals surface area contributed by atoms with E-state index in [-0.39, 0.29) is 47.8 Å². The smallest absolute Gasteiger partial charge is 0.128 e. The van der Waals surface area contributed by atoms with E-state index in [0.717, 1.165) is 0 Å². The van der Waals surface area contributed by atoms with Gasteiger partial charge in [0.2, 0.25) is 0 Å². The third-order valence-electron chi connectivity index (χ3n) is 1.65. The van der Waals surface area contributed by atoms with Crippen LogP contribution in [0, 0.1) is 0 Å². The molecule has 12 heavy (non-hydrogen) atoms. The first kappa shape index (κ1) is 3.94. The van der Waals surface area contributed by atoms with E-state index in [1.54, 1.807) is 0 Å². The van der Waals surface area contributed by atoms with Crippen molar-refractivity contribution in [2.45, 2.75) is 6.42 Å². The second-order valence-corrected chi connectivity index (χ2v) is 2.35. The molecule has 1 N–H and O–H groups in total. The fraction of sp³-hybridized carbons (Fsp3) is 0.222. The molecule has 0 saturated carbocycles. The molecule has 1 aromatic rings. The lowest BCUT2D eigenvalue weighted by Crippen LogP contribution is -2.15. The Labute approximate surface area is 75.9 Å². The predicted octanol–water partition coefficient (Wildman–Crippen LogP) is 1.65. The molecule has 3 heteroatoms. The van der Waals surface area contributed by atoms with Crippen LogP contribution in [0.2, 0.25) is 0 Å². The van der Waals surface area contributed by atoms with E-state index in [1.807, 2.05) is 0 Å². The second kappa shape index (κ2) is 2.85. The summed E-state index contributed by atoms with van der Waals surface area (Å²) in [5, 5.41) is 11.8. The molecule has 0 spiro atoms. The molecule has 1 heterocycles. The number of hydrogen-bond donors (Lipinski definition) is 1. The summed E-state index contributed by atoms with van der Waals surface area (Å²) in [5.41, 5.74) is 0.382. The second-order valence-electron chi connectivity index (χ2n) is 2.35.